The first kappa shape index (κ1) is 11.6. The van der Waals surface area contributed by atoms with E-state index in [0.717, 1.165) is 16.3 Å². The van der Waals surface area contributed by atoms with E-state index in [-0.39, 0.29) is 0 Å². The molecule has 0 aliphatic carbocycles. The number of fused-ring (bicyclic) bond motifs is 1. The summed E-state index contributed by atoms with van der Waals surface area (Å²) in [6.07, 6.45) is 5.48. The van der Waals surface area contributed by atoms with Gasteiger partial charge in [0.1, 0.15) is 6.07 Å². The summed E-state index contributed by atoms with van der Waals surface area (Å²) in [6.45, 7) is 1.94. The van der Waals surface area contributed by atoms with Gasteiger partial charge < -0.3 is 0 Å². The molecule has 0 bridgehead atoms. The lowest BCUT2D eigenvalue weighted by Crippen LogP contribution is -1.89. The van der Waals surface area contributed by atoms with Gasteiger partial charge in [-0.1, -0.05) is 6.07 Å². The molecule has 19 heavy (non-hydrogen) atoms. The van der Waals surface area contributed by atoms with E-state index in [1.54, 1.807) is 17.5 Å². The molecule has 3 aromatic heterocycles. The molecule has 0 radical (unpaired) electrons. The summed E-state index contributed by atoms with van der Waals surface area (Å²) in [5, 5.41) is 11.3. The van der Waals surface area contributed by atoms with Gasteiger partial charge in [0, 0.05) is 17.8 Å². The number of nitriles is 1. The molecule has 92 valence electrons. The van der Waals surface area contributed by atoms with Gasteiger partial charge in [-0.3, -0.25) is 9.38 Å². The summed E-state index contributed by atoms with van der Waals surface area (Å²) in [4.78, 5) is 9.60. The fourth-order valence-corrected chi connectivity index (χ4v) is 2.67. The van der Waals surface area contributed by atoms with Crippen LogP contribution in [-0.2, 0) is 0 Å². The Morgan fingerprint density at radius 3 is 3.11 bits per heavy atom. The van der Waals surface area contributed by atoms with E-state index in [2.05, 4.69) is 16.0 Å². The van der Waals surface area contributed by atoms with Gasteiger partial charge in [0.2, 0.25) is 0 Å². The third-order valence-electron chi connectivity index (χ3n) is 2.83. The van der Waals surface area contributed by atoms with Crippen LogP contribution < -0.4 is 0 Å². The number of imidazole rings is 1. The standard InChI is InChI=1S/C14H10N4S/c1-10-13(18-6-7-19-14(18)17-10)8-11(9-15)12-4-2-3-5-16-12/h2-8H,1H3/b11-8+. The van der Waals surface area contributed by atoms with Crippen molar-refractivity contribution in [3.8, 4) is 6.07 Å². The van der Waals surface area contributed by atoms with Gasteiger partial charge in [-0.05, 0) is 25.1 Å². The Labute approximate surface area is 114 Å². The van der Waals surface area contributed by atoms with E-state index in [1.165, 1.54) is 0 Å². The molecular weight excluding hydrogens is 256 g/mol. The van der Waals surface area contributed by atoms with Crippen LogP contribution >= 0.6 is 11.3 Å². The van der Waals surface area contributed by atoms with E-state index in [1.807, 2.05) is 47.2 Å². The van der Waals surface area contributed by atoms with E-state index in [9.17, 15) is 5.26 Å². The Bertz CT molecular complexity index is 790. The van der Waals surface area contributed by atoms with E-state index < -0.39 is 0 Å². The first-order valence-electron chi connectivity index (χ1n) is 5.75. The van der Waals surface area contributed by atoms with E-state index in [4.69, 9.17) is 0 Å². The number of thiazole rings is 1. The Morgan fingerprint density at radius 2 is 2.37 bits per heavy atom. The van der Waals surface area contributed by atoms with Crippen molar-refractivity contribution in [3.05, 3.63) is 53.1 Å². The molecule has 0 amide bonds. The highest BCUT2D eigenvalue weighted by atomic mass is 32.1. The smallest absolute Gasteiger partial charge is 0.194 e. The van der Waals surface area contributed by atoms with Gasteiger partial charge in [0.25, 0.3) is 0 Å². The molecule has 0 aromatic carbocycles. The molecule has 4 nitrogen and oxygen atoms in total. The van der Waals surface area contributed by atoms with Crippen LogP contribution in [0.3, 0.4) is 0 Å². The third-order valence-corrected chi connectivity index (χ3v) is 3.58. The summed E-state index contributed by atoms with van der Waals surface area (Å²) in [6, 6.07) is 7.74. The van der Waals surface area contributed by atoms with Gasteiger partial charge in [0.15, 0.2) is 4.96 Å². The molecule has 0 fully saturated rings. The lowest BCUT2D eigenvalue weighted by atomic mass is 10.1. The predicted molar refractivity (Wildman–Crippen MR) is 75.5 cm³/mol. The summed E-state index contributed by atoms with van der Waals surface area (Å²) in [7, 11) is 0. The van der Waals surface area contributed by atoms with Crippen LogP contribution in [0.15, 0.2) is 36.0 Å². The van der Waals surface area contributed by atoms with Crippen LogP contribution in [0.1, 0.15) is 17.1 Å². The van der Waals surface area contributed by atoms with Crippen molar-refractivity contribution in [3.63, 3.8) is 0 Å². The maximum absolute atomic E-state index is 9.31. The largest absolute Gasteiger partial charge is 0.291 e. The van der Waals surface area contributed by atoms with Crippen molar-refractivity contribution in [1.29, 1.82) is 5.26 Å². The quantitative estimate of drug-likeness (QED) is 0.669. The Hall–Kier alpha value is -2.45. The number of hydrogen-bond donors (Lipinski definition) is 0. The topological polar surface area (TPSA) is 54.0 Å². The van der Waals surface area contributed by atoms with E-state index in [0.29, 0.717) is 11.3 Å². The second-order valence-corrected chi connectivity index (χ2v) is 4.90. The molecule has 3 aromatic rings. The van der Waals surface area contributed by atoms with E-state index >= 15 is 0 Å². The van der Waals surface area contributed by atoms with Gasteiger partial charge in [-0.15, -0.1) is 11.3 Å². The first-order valence-corrected chi connectivity index (χ1v) is 6.63. The fourth-order valence-electron chi connectivity index (χ4n) is 1.91. The second kappa shape index (κ2) is 4.67. The average Bonchev–Trinajstić information content (AvgIpc) is 2.99. The zero-order valence-corrected chi connectivity index (χ0v) is 11.1. The average molecular weight is 266 g/mol. The van der Waals surface area contributed by atoms with Crippen LogP contribution in [-0.4, -0.2) is 14.4 Å². The maximum atomic E-state index is 9.31. The summed E-state index contributed by atoms with van der Waals surface area (Å²) < 4.78 is 1.99. The lowest BCUT2D eigenvalue weighted by Gasteiger charge is -1.98. The van der Waals surface area contributed by atoms with Crippen molar-refractivity contribution in [2.75, 3.05) is 0 Å². The van der Waals surface area contributed by atoms with Crippen LogP contribution in [0.2, 0.25) is 0 Å². The summed E-state index contributed by atoms with van der Waals surface area (Å²) >= 11 is 1.58. The normalized spacial score (nSPS) is 11.7. The highest BCUT2D eigenvalue weighted by molar-refractivity contribution is 7.15. The SMILES string of the molecule is Cc1nc2sccn2c1/C=C(\C#N)c1ccccn1. The van der Waals surface area contributed by atoms with Gasteiger partial charge in [0.05, 0.1) is 22.7 Å². The first-order chi connectivity index (χ1) is 9.29. The van der Waals surface area contributed by atoms with Crippen molar-refractivity contribution < 1.29 is 0 Å². The minimum atomic E-state index is 0.539. The van der Waals surface area contributed by atoms with Crippen LogP contribution in [0.25, 0.3) is 16.6 Å². The third kappa shape index (κ3) is 2.02. The highest BCUT2D eigenvalue weighted by Crippen LogP contribution is 2.21. The second-order valence-electron chi connectivity index (χ2n) is 4.02. The zero-order valence-electron chi connectivity index (χ0n) is 10.2. The van der Waals surface area contributed by atoms with Gasteiger partial charge in [-0.2, -0.15) is 5.26 Å². The zero-order chi connectivity index (χ0) is 13.2. The number of allylic oxidation sites excluding steroid dienone is 1. The predicted octanol–water partition coefficient (Wildman–Crippen LogP) is 3.16. The molecule has 0 aliphatic rings. The number of nitrogens with zero attached hydrogens (tertiary/aromatic N) is 4. The molecule has 0 saturated carbocycles. The minimum Gasteiger partial charge on any atom is -0.291 e. The number of aryl methyl sites for hydroxylation is 1. The van der Waals surface area contributed by atoms with Gasteiger partial charge >= 0.3 is 0 Å². The molecule has 5 heteroatoms. The van der Waals surface area contributed by atoms with Crippen LogP contribution in [0.5, 0.6) is 0 Å². The van der Waals surface area contributed by atoms with Gasteiger partial charge in [-0.25, -0.2) is 4.98 Å². The summed E-state index contributed by atoms with van der Waals surface area (Å²) in [5.74, 6) is 0. The summed E-state index contributed by atoms with van der Waals surface area (Å²) in [5.41, 5.74) is 3.06. The molecular formula is C14H10N4S. The van der Waals surface area contributed by atoms with Crippen molar-refractivity contribution >= 4 is 27.9 Å². The monoisotopic (exact) mass is 266 g/mol. The number of aromatic nitrogens is 3. The fraction of sp³-hybridized carbons (Fsp3) is 0.0714. The number of rotatable bonds is 2. The minimum absolute atomic E-state index is 0.539. The highest BCUT2D eigenvalue weighted by Gasteiger charge is 2.09. The van der Waals surface area contributed by atoms with Crippen molar-refractivity contribution in [1.82, 2.24) is 14.4 Å². The number of hydrogen-bond acceptors (Lipinski definition) is 4. The molecule has 3 rings (SSSR count). The molecule has 0 saturated heterocycles. The van der Waals surface area contributed by atoms with Crippen molar-refractivity contribution in [2.45, 2.75) is 6.92 Å². The Balaban J connectivity index is 2.16. The number of pyridine rings is 1. The maximum Gasteiger partial charge on any atom is 0.194 e. The molecule has 3 heterocycles. The van der Waals surface area contributed by atoms with Crippen LogP contribution in [0, 0.1) is 18.3 Å². The van der Waals surface area contributed by atoms with Crippen molar-refractivity contribution in [2.24, 2.45) is 0 Å². The molecule has 0 N–H and O–H groups in total. The molecule has 0 unspecified atom stereocenters. The Morgan fingerprint density at radius 1 is 1.47 bits per heavy atom. The Kier molecular flexibility index (Phi) is 2.86. The lowest BCUT2D eigenvalue weighted by molar-refractivity contribution is 1.19. The molecule has 0 aliphatic heterocycles. The molecule has 0 atom stereocenters. The van der Waals surface area contributed by atoms with Crippen LogP contribution in [0.4, 0.5) is 0 Å². The molecule has 0 spiro atoms.